The highest BCUT2D eigenvalue weighted by Crippen LogP contribution is 2.32. The molecule has 0 spiro atoms. The van der Waals surface area contributed by atoms with Crippen molar-refractivity contribution in [3.63, 3.8) is 0 Å². The number of hydrogen-bond donors (Lipinski definition) is 2. The van der Waals surface area contributed by atoms with Crippen LogP contribution in [0.15, 0.2) is 18.2 Å². The van der Waals surface area contributed by atoms with Gasteiger partial charge in [-0.3, -0.25) is 9.59 Å². The molecule has 5 heteroatoms. The van der Waals surface area contributed by atoms with Crippen LogP contribution in [0.3, 0.4) is 0 Å². The highest BCUT2D eigenvalue weighted by atomic mass is 16.2. The highest BCUT2D eigenvalue weighted by molar-refractivity contribution is 6.02. The fourth-order valence-corrected chi connectivity index (χ4v) is 2.95. The number of carbonyl (C=O) groups excluding carboxylic acids is 2. The molecule has 1 saturated carbocycles. The minimum atomic E-state index is -0.0590. The van der Waals surface area contributed by atoms with Crippen LogP contribution in [-0.4, -0.2) is 31.4 Å². The van der Waals surface area contributed by atoms with Crippen LogP contribution in [-0.2, 0) is 4.79 Å². The van der Waals surface area contributed by atoms with Crippen LogP contribution >= 0.6 is 0 Å². The molecule has 5 nitrogen and oxygen atoms in total. The van der Waals surface area contributed by atoms with E-state index < -0.39 is 0 Å². The van der Waals surface area contributed by atoms with Gasteiger partial charge in [0.25, 0.3) is 5.91 Å². The minimum absolute atomic E-state index is 0.0590. The van der Waals surface area contributed by atoms with Crippen molar-refractivity contribution in [3.8, 4) is 0 Å². The third kappa shape index (κ3) is 3.84. The zero-order chi connectivity index (χ0) is 16.2. The molecule has 1 aromatic carbocycles. The number of nitrogens with one attached hydrogen (secondary N) is 2. The summed E-state index contributed by atoms with van der Waals surface area (Å²) in [7, 11) is 0. The Labute approximate surface area is 137 Å². The number of benzene rings is 1. The first-order valence-corrected chi connectivity index (χ1v) is 8.67. The van der Waals surface area contributed by atoms with E-state index in [1.807, 2.05) is 25.1 Å². The molecular weight excluding hydrogens is 290 g/mol. The summed E-state index contributed by atoms with van der Waals surface area (Å²) in [5, 5.41) is 5.89. The maximum absolute atomic E-state index is 12.5. The smallest absolute Gasteiger partial charge is 0.253 e. The first-order chi connectivity index (χ1) is 11.2. The van der Waals surface area contributed by atoms with E-state index in [-0.39, 0.29) is 17.7 Å². The molecule has 2 amide bonds. The molecule has 2 N–H and O–H groups in total. The second-order valence-corrected chi connectivity index (χ2v) is 6.45. The van der Waals surface area contributed by atoms with E-state index in [0.29, 0.717) is 17.8 Å². The topological polar surface area (TPSA) is 61.4 Å². The van der Waals surface area contributed by atoms with Crippen molar-refractivity contribution < 1.29 is 9.59 Å². The van der Waals surface area contributed by atoms with Gasteiger partial charge < -0.3 is 15.5 Å². The summed E-state index contributed by atoms with van der Waals surface area (Å²) in [5.41, 5.74) is 2.35. The van der Waals surface area contributed by atoms with Crippen LogP contribution in [0.2, 0.25) is 0 Å². The predicted molar refractivity (Wildman–Crippen MR) is 91.9 cm³/mol. The second kappa shape index (κ2) is 7.02. The molecule has 0 aromatic heterocycles. The Hall–Kier alpha value is -2.04. The van der Waals surface area contributed by atoms with Crippen LogP contribution in [0.1, 0.15) is 49.4 Å². The monoisotopic (exact) mass is 315 g/mol. The fourth-order valence-electron chi connectivity index (χ4n) is 2.95. The average Bonchev–Trinajstić information content (AvgIpc) is 3.28. The number of rotatable bonds is 6. The third-order valence-corrected chi connectivity index (χ3v) is 4.44. The molecular formula is C18H25N3O2. The van der Waals surface area contributed by atoms with Crippen LogP contribution in [0.25, 0.3) is 0 Å². The number of amides is 2. The van der Waals surface area contributed by atoms with Gasteiger partial charge in [-0.2, -0.15) is 0 Å². The standard InChI is InChI=1S/C18H25N3O2/c1-2-9-19-18(23)15-12-14(20-17(22)13-5-6-13)7-8-16(15)21-10-3-4-11-21/h7-8,12-13H,2-6,9-11H2,1H3,(H,19,23)(H,20,22). The second-order valence-electron chi connectivity index (χ2n) is 6.45. The van der Waals surface area contributed by atoms with E-state index in [2.05, 4.69) is 15.5 Å². The van der Waals surface area contributed by atoms with Gasteiger partial charge in [0.15, 0.2) is 0 Å². The highest BCUT2D eigenvalue weighted by Gasteiger charge is 2.30. The molecule has 2 fully saturated rings. The molecule has 1 saturated heterocycles. The van der Waals surface area contributed by atoms with Crippen LogP contribution in [0.5, 0.6) is 0 Å². The largest absolute Gasteiger partial charge is 0.371 e. The van der Waals surface area contributed by atoms with E-state index in [1.54, 1.807) is 0 Å². The zero-order valence-electron chi connectivity index (χ0n) is 13.7. The normalized spacial score (nSPS) is 17.2. The number of hydrogen-bond acceptors (Lipinski definition) is 3. The summed E-state index contributed by atoms with van der Waals surface area (Å²) in [6, 6.07) is 5.69. The van der Waals surface area contributed by atoms with Crippen molar-refractivity contribution in [2.75, 3.05) is 29.9 Å². The molecule has 0 unspecified atom stereocenters. The summed E-state index contributed by atoms with van der Waals surface area (Å²) in [5.74, 6) is 0.167. The molecule has 0 radical (unpaired) electrons. The summed E-state index contributed by atoms with van der Waals surface area (Å²) in [6.07, 6.45) is 5.18. The van der Waals surface area contributed by atoms with Gasteiger partial charge in [-0.15, -0.1) is 0 Å². The predicted octanol–water partition coefficient (Wildman–Crippen LogP) is 2.78. The lowest BCUT2D eigenvalue weighted by molar-refractivity contribution is -0.117. The zero-order valence-corrected chi connectivity index (χ0v) is 13.7. The molecule has 1 heterocycles. The molecule has 1 aliphatic heterocycles. The van der Waals surface area contributed by atoms with E-state index in [1.165, 1.54) is 0 Å². The molecule has 0 atom stereocenters. The Bertz CT molecular complexity index is 590. The summed E-state index contributed by atoms with van der Waals surface area (Å²) in [6.45, 7) is 4.68. The van der Waals surface area contributed by atoms with Gasteiger partial charge in [-0.25, -0.2) is 0 Å². The van der Waals surface area contributed by atoms with Crippen molar-refractivity contribution >= 4 is 23.2 Å². The average molecular weight is 315 g/mol. The van der Waals surface area contributed by atoms with Gasteiger partial charge in [-0.1, -0.05) is 6.92 Å². The molecule has 2 aliphatic rings. The Morgan fingerprint density at radius 2 is 1.96 bits per heavy atom. The Kier molecular flexibility index (Phi) is 4.84. The maximum atomic E-state index is 12.5. The Morgan fingerprint density at radius 1 is 1.22 bits per heavy atom. The minimum Gasteiger partial charge on any atom is -0.371 e. The van der Waals surface area contributed by atoms with Crippen molar-refractivity contribution in [3.05, 3.63) is 23.8 Å². The fraction of sp³-hybridized carbons (Fsp3) is 0.556. The summed E-state index contributed by atoms with van der Waals surface area (Å²) < 4.78 is 0. The van der Waals surface area contributed by atoms with Gasteiger partial charge in [-0.05, 0) is 50.3 Å². The summed E-state index contributed by atoms with van der Waals surface area (Å²) in [4.78, 5) is 26.7. The van der Waals surface area contributed by atoms with E-state index >= 15 is 0 Å². The van der Waals surface area contributed by atoms with E-state index in [4.69, 9.17) is 0 Å². The van der Waals surface area contributed by atoms with Crippen molar-refractivity contribution in [1.82, 2.24) is 5.32 Å². The number of carbonyl (C=O) groups is 2. The van der Waals surface area contributed by atoms with Crippen LogP contribution in [0.4, 0.5) is 11.4 Å². The van der Waals surface area contributed by atoms with Gasteiger partial charge in [0.2, 0.25) is 5.91 Å². The first kappa shape index (κ1) is 15.8. The Balaban J connectivity index is 1.82. The molecule has 1 aromatic rings. The van der Waals surface area contributed by atoms with E-state index in [9.17, 15) is 9.59 Å². The number of nitrogens with zero attached hydrogens (tertiary/aromatic N) is 1. The Morgan fingerprint density at radius 3 is 2.61 bits per heavy atom. The van der Waals surface area contributed by atoms with E-state index in [0.717, 1.165) is 50.9 Å². The van der Waals surface area contributed by atoms with Crippen LogP contribution < -0.4 is 15.5 Å². The van der Waals surface area contributed by atoms with Crippen molar-refractivity contribution in [2.24, 2.45) is 5.92 Å². The lowest BCUT2D eigenvalue weighted by Crippen LogP contribution is -2.28. The van der Waals surface area contributed by atoms with Gasteiger partial charge in [0.05, 0.1) is 5.56 Å². The first-order valence-electron chi connectivity index (χ1n) is 8.67. The third-order valence-electron chi connectivity index (χ3n) is 4.44. The van der Waals surface area contributed by atoms with Gasteiger partial charge >= 0.3 is 0 Å². The number of anilines is 2. The molecule has 3 rings (SSSR count). The maximum Gasteiger partial charge on any atom is 0.253 e. The molecule has 0 bridgehead atoms. The van der Waals surface area contributed by atoms with Crippen molar-refractivity contribution in [2.45, 2.75) is 39.0 Å². The lowest BCUT2D eigenvalue weighted by Gasteiger charge is -2.22. The molecule has 23 heavy (non-hydrogen) atoms. The molecule has 124 valence electrons. The van der Waals surface area contributed by atoms with Crippen LogP contribution in [0, 0.1) is 5.92 Å². The SMILES string of the molecule is CCCNC(=O)c1cc(NC(=O)C2CC2)ccc1N1CCCC1. The summed E-state index contributed by atoms with van der Waals surface area (Å²) >= 11 is 0. The quantitative estimate of drug-likeness (QED) is 0.848. The lowest BCUT2D eigenvalue weighted by atomic mass is 10.1. The molecule has 1 aliphatic carbocycles. The van der Waals surface area contributed by atoms with Crippen molar-refractivity contribution in [1.29, 1.82) is 0 Å². The van der Waals surface area contributed by atoms with Gasteiger partial charge in [0.1, 0.15) is 0 Å². The van der Waals surface area contributed by atoms with Gasteiger partial charge in [0, 0.05) is 36.9 Å².